The Morgan fingerprint density at radius 2 is 2.15 bits per heavy atom. The van der Waals surface area contributed by atoms with Crippen molar-refractivity contribution in [1.29, 1.82) is 0 Å². The molecule has 3 fully saturated rings. The molecule has 3 atom stereocenters. The van der Waals surface area contributed by atoms with Gasteiger partial charge in [0.05, 0.1) is 18.3 Å². The van der Waals surface area contributed by atoms with E-state index in [2.05, 4.69) is 10.3 Å². The first-order valence-electron chi connectivity index (χ1n) is 8.90. The summed E-state index contributed by atoms with van der Waals surface area (Å²) in [6.07, 6.45) is 5.94. The molecule has 5 nitrogen and oxygen atoms in total. The standard InChI is InChI=1S/C20H22FN3O2/c1-12-3-4-15(8-17(12)13-7-14(21)11-22-10-13)23-20(25)24-16-5-6-19(26-2)18(24)9-16/h3-4,7-8,10-11,16,18-19H,5-6,9H2,1-2H3,(H,23,25)/t16?,18?,19-/m1/s1. The summed E-state index contributed by atoms with van der Waals surface area (Å²) in [6, 6.07) is 7.48. The minimum atomic E-state index is -0.379. The summed E-state index contributed by atoms with van der Waals surface area (Å²) in [4.78, 5) is 18.6. The Kier molecular flexibility index (Phi) is 4.36. The average Bonchev–Trinajstić information content (AvgIpc) is 2.63. The van der Waals surface area contributed by atoms with Gasteiger partial charge in [0.2, 0.25) is 0 Å². The third-order valence-corrected chi connectivity index (χ3v) is 5.52. The summed E-state index contributed by atoms with van der Waals surface area (Å²) in [5.74, 6) is -0.379. The van der Waals surface area contributed by atoms with Gasteiger partial charge in [-0.1, -0.05) is 6.07 Å². The number of urea groups is 1. The topological polar surface area (TPSA) is 54.5 Å². The first-order chi connectivity index (χ1) is 12.6. The molecule has 26 heavy (non-hydrogen) atoms. The Balaban J connectivity index is 1.54. The molecule has 1 saturated carbocycles. The molecule has 2 unspecified atom stereocenters. The summed E-state index contributed by atoms with van der Waals surface area (Å²) in [5, 5.41) is 2.99. The third kappa shape index (κ3) is 2.94. The summed E-state index contributed by atoms with van der Waals surface area (Å²) in [5.41, 5.74) is 3.24. The van der Waals surface area contributed by atoms with E-state index < -0.39 is 0 Å². The lowest BCUT2D eigenvalue weighted by atomic mass is 9.78. The number of halogens is 1. The number of rotatable bonds is 3. The number of hydrogen-bond acceptors (Lipinski definition) is 3. The van der Waals surface area contributed by atoms with Crippen LogP contribution < -0.4 is 5.32 Å². The molecule has 0 spiro atoms. The molecular weight excluding hydrogens is 333 g/mol. The van der Waals surface area contributed by atoms with Gasteiger partial charge in [-0.05, 0) is 55.5 Å². The minimum Gasteiger partial charge on any atom is -0.379 e. The number of hydrogen-bond donors (Lipinski definition) is 1. The highest BCUT2D eigenvalue weighted by molar-refractivity contribution is 5.91. The lowest BCUT2D eigenvalue weighted by Gasteiger charge is -2.55. The number of methoxy groups -OCH3 is 1. The van der Waals surface area contributed by atoms with Gasteiger partial charge in [0.15, 0.2) is 0 Å². The van der Waals surface area contributed by atoms with Crippen LogP contribution in [0.4, 0.5) is 14.9 Å². The Morgan fingerprint density at radius 1 is 1.31 bits per heavy atom. The van der Waals surface area contributed by atoms with Crippen molar-refractivity contribution in [3.05, 3.63) is 48.0 Å². The Morgan fingerprint density at radius 3 is 2.88 bits per heavy atom. The Hall–Kier alpha value is -2.47. The van der Waals surface area contributed by atoms with Crippen LogP contribution in [0.3, 0.4) is 0 Å². The normalized spacial score (nSPS) is 24.1. The monoisotopic (exact) mass is 355 g/mol. The quantitative estimate of drug-likeness (QED) is 0.906. The molecule has 3 aliphatic rings. The van der Waals surface area contributed by atoms with Gasteiger partial charge in [0, 0.05) is 30.6 Å². The van der Waals surface area contributed by atoms with Crippen molar-refractivity contribution in [2.75, 3.05) is 12.4 Å². The molecule has 0 radical (unpaired) electrons. The molecule has 1 N–H and O–H groups in total. The van der Waals surface area contributed by atoms with Crippen molar-refractivity contribution in [1.82, 2.24) is 9.88 Å². The summed E-state index contributed by atoms with van der Waals surface area (Å²) < 4.78 is 19.0. The molecule has 1 aromatic heterocycles. The van der Waals surface area contributed by atoms with E-state index in [1.165, 1.54) is 12.3 Å². The number of amides is 2. The first-order valence-corrected chi connectivity index (χ1v) is 8.90. The van der Waals surface area contributed by atoms with Gasteiger partial charge in [-0.25, -0.2) is 9.18 Å². The summed E-state index contributed by atoms with van der Waals surface area (Å²) in [6.45, 7) is 1.95. The molecule has 2 bridgehead atoms. The number of aromatic nitrogens is 1. The number of anilines is 1. The largest absolute Gasteiger partial charge is 0.379 e. The van der Waals surface area contributed by atoms with Gasteiger partial charge in [-0.2, -0.15) is 0 Å². The molecule has 5 rings (SSSR count). The van der Waals surface area contributed by atoms with E-state index in [1.807, 2.05) is 30.0 Å². The molecule has 1 aliphatic carbocycles. The Labute approximate surface area is 152 Å². The highest BCUT2D eigenvalue weighted by atomic mass is 19.1. The molecule has 6 heteroatoms. The highest BCUT2D eigenvalue weighted by Gasteiger charge is 2.49. The number of benzene rings is 1. The summed E-state index contributed by atoms with van der Waals surface area (Å²) in [7, 11) is 1.71. The maximum absolute atomic E-state index is 13.5. The Bertz CT molecular complexity index is 840. The van der Waals surface area contributed by atoms with E-state index in [9.17, 15) is 9.18 Å². The number of carbonyl (C=O) groups is 1. The van der Waals surface area contributed by atoms with Crippen LogP contribution in [0.15, 0.2) is 36.7 Å². The van der Waals surface area contributed by atoms with Gasteiger partial charge >= 0.3 is 6.03 Å². The predicted molar refractivity (Wildman–Crippen MR) is 97.4 cm³/mol. The average molecular weight is 355 g/mol. The predicted octanol–water partition coefficient (Wildman–Crippen LogP) is 3.98. The van der Waals surface area contributed by atoms with Gasteiger partial charge in [-0.15, -0.1) is 0 Å². The van der Waals surface area contributed by atoms with Crippen LogP contribution >= 0.6 is 0 Å². The van der Waals surface area contributed by atoms with Crippen LogP contribution in [0.25, 0.3) is 11.1 Å². The van der Waals surface area contributed by atoms with E-state index in [4.69, 9.17) is 4.74 Å². The van der Waals surface area contributed by atoms with Crippen molar-refractivity contribution in [2.45, 2.75) is 44.4 Å². The maximum Gasteiger partial charge on any atom is 0.322 e. The zero-order chi connectivity index (χ0) is 18.3. The zero-order valence-electron chi connectivity index (χ0n) is 14.9. The number of nitrogens with zero attached hydrogens (tertiary/aromatic N) is 2. The van der Waals surface area contributed by atoms with Crippen LogP contribution in [-0.4, -0.2) is 41.2 Å². The molecule has 136 valence electrons. The van der Waals surface area contributed by atoms with Crippen molar-refractivity contribution in [3.63, 3.8) is 0 Å². The molecule has 2 amide bonds. The van der Waals surface area contributed by atoms with Crippen molar-refractivity contribution >= 4 is 11.7 Å². The first kappa shape index (κ1) is 17.0. The lowest BCUT2D eigenvalue weighted by molar-refractivity contribution is -0.0881. The van der Waals surface area contributed by atoms with Crippen LogP contribution in [0.2, 0.25) is 0 Å². The fourth-order valence-corrected chi connectivity index (χ4v) is 4.12. The fraction of sp³-hybridized carbons (Fsp3) is 0.400. The van der Waals surface area contributed by atoms with Crippen LogP contribution in [-0.2, 0) is 4.74 Å². The number of aryl methyl sites for hydroxylation is 1. The molecule has 3 heterocycles. The molecule has 1 aromatic carbocycles. The summed E-state index contributed by atoms with van der Waals surface area (Å²) >= 11 is 0. The minimum absolute atomic E-state index is 0.0971. The smallest absolute Gasteiger partial charge is 0.322 e. The number of carbonyl (C=O) groups excluding carboxylic acids is 1. The van der Waals surface area contributed by atoms with Gasteiger partial charge < -0.3 is 15.0 Å². The van der Waals surface area contributed by atoms with Crippen LogP contribution in [0.1, 0.15) is 24.8 Å². The number of nitrogens with one attached hydrogen (secondary N) is 1. The van der Waals surface area contributed by atoms with E-state index in [0.717, 1.165) is 30.4 Å². The number of fused-ring (bicyclic) bond motifs is 2. The lowest BCUT2D eigenvalue weighted by Crippen LogP contribution is -2.67. The van der Waals surface area contributed by atoms with Crippen molar-refractivity contribution in [3.8, 4) is 11.1 Å². The van der Waals surface area contributed by atoms with Crippen LogP contribution in [0.5, 0.6) is 0 Å². The molecule has 2 aliphatic heterocycles. The maximum atomic E-state index is 13.5. The molecular formula is C20H22FN3O2. The van der Waals surface area contributed by atoms with Crippen molar-refractivity contribution < 1.29 is 13.9 Å². The van der Waals surface area contributed by atoms with E-state index in [-0.39, 0.29) is 24.0 Å². The number of piperidine rings is 1. The van der Waals surface area contributed by atoms with E-state index in [0.29, 0.717) is 17.3 Å². The second-order valence-electron chi connectivity index (χ2n) is 7.07. The van der Waals surface area contributed by atoms with Crippen LogP contribution in [0, 0.1) is 12.7 Å². The van der Waals surface area contributed by atoms with E-state index in [1.54, 1.807) is 13.3 Å². The van der Waals surface area contributed by atoms with Crippen molar-refractivity contribution in [2.24, 2.45) is 0 Å². The fourth-order valence-electron chi connectivity index (χ4n) is 4.12. The van der Waals surface area contributed by atoms with E-state index >= 15 is 0 Å². The number of pyridine rings is 1. The van der Waals surface area contributed by atoms with Gasteiger partial charge in [0.1, 0.15) is 5.82 Å². The third-order valence-electron chi connectivity index (χ3n) is 5.52. The molecule has 2 aromatic rings. The van der Waals surface area contributed by atoms with Gasteiger partial charge in [-0.3, -0.25) is 4.98 Å². The second-order valence-corrected chi connectivity index (χ2v) is 7.07. The second kappa shape index (κ2) is 6.68. The highest BCUT2D eigenvalue weighted by Crippen LogP contribution is 2.40. The number of ether oxygens (including phenoxy) is 1. The zero-order valence-corrected chi connectivity index (χ0v) is 14.9. The SMILES string of the molecule is CO[C@@H]1CCC2CC1N2C(=O)Nc1ccc(C)c(-c2cncc(F)c2)c1. The molecule has 2 saturated heterocycles. The van der Waals surface area contributed by atoms with Gasteiger partial charge in [0.25, 0.3) is 0 Å².